The topological polar surface area (TPSA) is 31.4 Å². The molecule has 2 heterocycles. The maximum atomic E-state index is 17.7. The highest BCUT2D eigenvalue weighted by atomic mass is 28.3. The molecule has 21 aromatic carbocycles. The van der Waals surface area contributed by atoms with E-state index in [9.17, 15) is 0 Å². The van der Waals surface area contributed by atoms with Crippen LogP contribution in [0.3, 0.4) is 0 Å². The van der Waals surface area contributed by atoms with Crippen LogP contribution < -0.4 is 34.3 Å². The number of benzene rings is 21. The maximum Gasteiger partial charge on any atom is 0.148 e. The SMILES string of the molecule is C[Si](C)(C)c1ccc(N(c2ccccc2)c2ccc3c(c2)Oc2cccc4c2c-3cc2c3ccccc3c(N(c3ccccc3)c3ccccc3)cc42)cc1.Fc1cc(-c2ccccc2)cc(-c2ccccc2)c1N(c1ccccc1)c1cc2c3cccc4c3c(cc2c2ccccc12)-c1ccc(N(c2ccccc2)c2ccccc2-c2ccccc2)cc1O4. The van der Waals surface area contributed by atoms with Gasteiger partial charge in [0.05, 0.1) is 30.8 Å². The maximum absolute atomic E-state index is 17.7. The molecule has 0 unspecified atom stereocenters. The molecule has 0 saturated heterocycles. The lowest BCUT2D eigenvalue weighted by Gasteiger charge is -2.31. The summed E-state index contributed by atoms with van der Waals surface area (Å²) >= 11 is 0. The summed E-state index contributed by atoms with van der Waals surface area (Å²) in [5.74, 6) is 3.00. The van der Waals surface area contributed by atoms with E-state index in [0.29, 0.717) is 5.69 Å². The highest BCUT2D eigenvalue weighted by Crippen LogP contribution is 2.57. The molecule has 6 nitrogen and oxygen atoms in total. The summed E-state index contributed by atoms with van der Waals surface area (Å²) in [6.07, 6.45) is 0. The Morgan fingerprint density at radius 3 is 1.01 bits per heavy atom. The van der Waals surface area contributed by atoms with E-state index in [0.717, 1.165) is 173 Å². The van der Waals surface area contributed by atoms with Gasteiger partial charge < -0.3 is 29.1 Å². The van der Waals surface area contributed by atoms with Crippen LogP contribution in [0.5, 0.6) is 23.0 Å². The highest BCUT2D eigenvalue weighted by Gasteiger charge is 2.32. The second-order valence-corrected chi connectivity index (χ2v) is 38.2. The van der Waals surface area contributed by atoms with Gasteiger partial charge in [0.15, 0.2) is 0 Å². The number of fused-ring (bicyclic) bond motifs is 12. The number of anilines is 12. The standard InChI is InChI=1S/C66H43FN2O.C51H40N2OSi/c67-60-40-47(44-21-6-1-7-22-44)39-56(46-25-10-3-11-26-46)66(60)69(49-29-14-5-15-30-49)62-43-58-55-34-20-36-63-65(55)59(42-57(58)52-32-16-17-33-53(52)62)54-38-37-50(41-64(54)70-63)68(48-27-12-4-13-28-48)61-35-19-18-31-51(61)45-23-8-2-9-24-45;1-55(2,3)40-29-26-38(27-30-40)52(35-16-7-4-8-17-35)39-28-31-43-47-33-45-41-22-13-14-23-42(41)48(53(36-18-9-5-10-19-36)37-20-11-6-12-21-37)34-46(45)44-24-15-25-49(51(44)47)54-50(43)32-39/h1-43H;4-34H,1-3H3. The monoisotopic (exact) mass is 1620 g/mol. The van der Waals surface area contributed by atoms with Crippen molar-refractivity contribution in [3.05, 3.63) is 455 Å². The molecule has 0 atom stereocenters. The Labute approximate surface area is 727 Å². The van der Waals surface area contributed by atoms with E-state index in [1.807, 2.05) is 66.7 Å². The number of halogens is 1. The molecule has 0 aliphatic carbocycles. The molecule has 21 aromatic rings. The minimum atomic E-state index is -1.44. The van der Waals surface area contributed by atoms with E-state index in [1.165, 1.54) is 37.7 Å². The largest absolute Gasteiger partial charge is 0.456 e. The fourth-order valence-corrected chi connectivity index (χ4v) is 20.0. The Kier molecular flexibility index (Phi) is 19.1. The molecule has 2 aliphatic heterocycles. The Morgan fingerprint density at radius 2 is 0.544 bits per heavy atom. The lowest BCUT2D eigenvalue weighted by atomic mass is 9.88. The summed E-state index contributed by atoms with van der Waals surface area (Å²) in [6, 6.07) is 158. The van der Waals surface area contributed by atoms with E-state index in [1.54, 1.807) is 6.07 Å². The van der Waals surface area contributed by atoms with E-state index in [-0.39, 0.29) is 5.82 Å². The van der Waals surface area contributed by atoms with E-state index >= 15 is 4.39 Å². The Balaban J connectivity index is 0.000000153. The summed E-state index contributed by atoms with van der Waals surface area (Å²) in [4.78, 5) is 9.14. The number of ether oxygens (including phenoxy) is 2. The fourth-order valence-electron chi connectivity index (χ4n) is 18.8. The van der Waals surface area contributed by atoms with Gasteiger partial charge in [0.1, 0.15) is 28.8 Å². The van der Waals surface area contributed by atoms with Crippen LogP contribution in [-0.2, 0) is 0 Å². The smallest absolute Gasteiger partial charge is 0.148 e. The van der Waals surface area contributed by atoms with Crippen molar-refractivity contribution in [1.82, 2.24) is 0 Å². The fraction of sp³-hybridized carbons (Fsp3) is 0.0256. The molecule has 0 amide bonds. The van der Waals surface area contributed by atoms with E-state index in [4.69, 9.17) is 9.47 Å². The van der Waals surface area contributed by atoms with Crippen LogP contribution in [0.1, 0.15) is 0 Å². The molecule has 0 aromatic heterocycles. The molecule has 125 heavy (non-hydrogen) atoms. The second kappa shape index (κ2) is 31.6. The Morgan fingerprint density at radius 1 is 0.200 bits per heavy atom. The summed E-state index contributed by atoms with van der Waals surface area (Å²) in [5, 5.41) is 15.0. The van der Waals surface area contributed by atoms with Crippen molar-refractivity contribution in [2.45, 2.75) is 19.6 Å². The molecule has 0 fully saturated rings. The number of hydrogen-bond acceptors (Lipinski definition) is 6. The van der Waals surface area contributed by atoms with Gasteiger partial charge in [-0.15, -0.1) is 0 Å². The zero-order valence-electron chi connectivity index (χ0n) is 69.2. The van der Waals surface area contributed by atoms with Gasteiger partial charge in [-0.05, 0) is 228 Å². The van der Waals surface area contributed by atoms with Gasteiger partial charge in [0.2, 0.25) is 0 Å². The Hall–Kier alpha value is -15.9. The lowest BCUT2D eigenvalue weighted by molar-refractivity contribution is 0.487. The van der Waals surface area contributed by atoms with Crippen molar-refractivity contribution in [2.24, 2.45) is 0 Å². The van der Waals surface area contributed by atoms with Crippen LogP contribution in [0.2, 0.25) is 19.6 Å². The predicted molar refractivity (Wildman–Crippen MR) is 527 cm³/mol. The third-order valence-corrected chi connectivity index (χ3v) is 26.7. The van der Waals surface area contributed by atoms with Crippen LogP contribution in [0.15, 0.2) is 449 Å². The van der Waals surface area contributed by atoms with Crippen molar-refractivity contribution in [1.29, 1.82) is 0 Å². The quantitative estimate of drug-likeness (QED) is 0.0708. The van der Waals surface area contributed by atoms with Gasteiger partial charge in [-0.1, -0.05) is 310 Å². The molecule has 0 radical (unpaired) electrons. The molecule has 0 spiro atoms. The van der Waals surface area contributed by atoms with Crippen molar-refractivity contribution in [3.8, 4) is 78.6 Å². The zero-order chi connectivity index (χ0) is 83.6. The first kappa shape index (κ1) is 75.3. The van der Waals surface area contributed by atoms with E-state index in [2.05, 4.69) is 415 Å². The molecule has 0 bridgehead atoms. The van der Waals surface area contributed by atoms with E-state index < -0.39 is 8.07 Å². The first-order chi connectivity index (χ1) is 61.6. The molecule has 594 valence electrons. The minimum absolute atomic E-state index is 0.316. The van der Waals surface area contributed by atoms with Gasteiger partial charge in [0.25, 0.3) is 0 Å². The van der Waals surface area contributed by atoms with Crippen LogP contribution in [0.25, 0.3) is 120 Å². The Bertz CT molecular complexity index is 7660. The van der Waals surface area contributed by atoms with Crippen molar-refractivity contribution >= 4 is 146 Å². The van der Waals surface area contributed by atoms with Gasteiger partial charge in [-0.2, -0.15) is 0 Å². The summed E-state index contributed by atoms with van der Waals surface area (Å²) in [6.45, 7) is 7.18. The summed E-state index contributed by atoms with van der Waals surface area (Å²) < 4.78 is 31.6. The van der Waals surface area contributed by atoms with Crippen LogP contribution in [0.4, 0.5) is 72.6 Å². The van der Waals surface area contributed by atoms with Gasteiger partial charge >= 0.3 is 0 Å². The second-order valence-electron chi connectivity index (χ2n) is 33.1. The minimum Gasteiger partial charge on any atom is -0.456 e. The highest BCUT2D eigenvalue weighted by molar-refractivity contribution is 6.88. The number of hydrogen-bond donors (Lipinski definition) is 0. The summed E-state index contributed by atoms with van der Waals surface area (Å²) in [5.41, 5.74) is 22.1. The molecule has 23 rings (SSSR count). The lowest BCUT2D eigenvalue weighted by Crippen LogP contribution is -2.37. The first-order valence-corrected chi connectivity index (χ1v) is 46.2. The third-order valence-electron chi connectivity index (χ3n) is 24.6. The van der Waals surface area contributed by atoms with Gasteiger partial charge in [0, 0.05) is 101 Å². The average Bonchev–Trinajstić information content (AvgIpc) is 0.714. The number of nitrogens with zero attached hydrogens (tertiary/aromatic N) is 4. The van der Waals surface area contributed by atoms with Crippen LogP contribution in [0, 0.1) is 5.82 Å². The molecule has 0 N–H and O–H groups in total. The van der Waals surface area contributed by atoms with Crippen LogP contribution >= 0.6 is 0 Å². The molecule has 2 aliphatic rings. The van der Waals surface area contributed by atoms with Crippen LogP contribution in [-0.4, -0.2) is 8.07 Å². The van der Waals surface area contributed by atoms with Gasteiger partial charge in [-0.3, -0.25) is 0 Å². The molecule has 8 heteroatoms. The number of para-hydroxylation sites is 6. The molecule has 0 saturated carbocycles. The third kappa shape index (κ3) is 13.6. The molecular formula is C117H83FN4O2Si. The normalized spacial score (nSPS) is 11.8. The van der Waals surface area contributed by atoms with Crippen molar-refractivity contribution < 1.29 is 13.9 Å². The number of rotatable bonds is 16. The first-order valence-electron chi connectivity index (χ1n) is 42.7. The van der Waals surface area contributed by atoms with Crippen molar-refractivity contribution in [2.75, 3.05) is 19.6 Å². The summed E-state index contributed by atoms with van der Waals surface area (Å²) in [7, 11) is -1.44. The zero-order valence-corrected chi connectivity index (χ0v) is 70.2. The van der Waals surface area contributed by atoms with Crippen molar-refractivity contribution in [3.63, 3.8) is 0 Å². The predicted octanol–water partition coefficient (Wildman–Crippen LogP) is 33.4. The molecular weight excluding hydrogens is 1540 g/mol. The van der Waals surface area contributed by atoms with Gasteiger partial charge in [-0.25, -0.2) is 4.39 Å². The average molecular weight is 1620 g/mol.